The number of fused-ring (bicyclic) bond motifs is 1. The Labute approximate surface area is 140 Å². The summed E-state index contributed by atoms with van der Waals surface area (Å²) in [6.07, 6.45) is 1.75. The van der Waals surface area contributed by atoms with Gasteiger partial charge in [-0.1, -0.05) is 54.6 Å². The van der Waals surface area contributed by atoms with Gasteiger partial charge in [0.1, 0.15) is 0 Å². The summed E-state index contributed by atoms with van der Waals surface area (Å²) in [5.74, 6) is 0.677. The van der Waals surface area contributed by atoms with Crippen molar-refractivity contribution in [3.8, 4) is 11.4 Å². The molecule has 4 heteroatoms. The second-order valence-electron chi connectivity index (χ2n) is 5.55. The number of hydrogen-bond acceptors (Lipinski definition) is 4. The van der Waals surface area contributed by atoms with Crippen LogP contribution in [-0.2, 0) is 0 Å². The van der Waals surface area contributed by atoms with Crippen molar-refractivity contribution >= 4 is 10.9 Å². The highest BCUT2D eigenvalue weighted by molar-refractivity contribution is 5.83. The van der Waals surface area contributed by atoms with Crippen LogP contribution in [0.5, 0.6) is 0 Å². The number of nitrogens with two attached hydrogens (primary N) is 1. The Bertz CT molecular complexity index is 968. The SMILES string of the molecule is NC(c1ccccn1)c1nc(-c2ccccc2)nc2ccccc12. The predicted octanol–water partition coefficient (Wildman–Crippen LogP) is 3.74. The van der Waals surface area contributed by atoms with E-state index in [0.29, 0.717) is 5.82 Å². The summed E-state index contributed by atoms with van der Waals surface area (Å²) in [6.45, 7) is 0. The molecule has 2 aromatic heterocycles. The predicted molar refractivity (Wildman–Crippen MR) is 95.2 cm³/mol. The van der Waals surface area contributed by atoms with Gasteiger partial charge in [-0.2, -0.15) is 0 Å². The minimum Gasteiger partial charge on any atom is -0.318 e. The number of nitrogens with zero attached hydrogens (tertiary/aromatic N) is 3. The van der Waals surface area contributed by atoms with Gasteiger partial charge in [-0.05, 0) is 18.2 Å². The van der Waals surface area contributed by atoms with E-state index in [4.69, 9.17) is 15.7 Å². The van der Waals surface area contributed by atoms with Crippen LogP contribution in [0.3, 0.4) is 0 Å². The zero-order valence-corrected chi connectivity index (χ0v) is 13.0. The Hall–Kier alpha value is -3.11. The maximum atomic E-state index is 6.48. The van der Waals surface area contributed by atoms with Gasteiger partial charge in [0.15, 0.2) is 5.82 Å². The Kier molecular flexibility index (Phi) is 3.73. The van der Waals surface area contributed by atoms with E-state index in [1.807, 2.05) is 72.8 Å². The molecule has 2 N–H and O–H groups in total. The van der Waals surface area contributed by atoms with E-state index in [2.05, 4.69) is 4.98 Å². The highest BCUT2D eigenvalue weighted by Gasteiger charge is 2.17. The van der Waals surface area contributed by atoms with Crippen LogP contribution >= 0.6 is 0 Å². The molecule has 2 aromatic carbocycles. The molecule has 1 atom stereocenters. The Morgan fingerprint density at radius 2 is 1.50 bits per heavy atom. The van der Waals surface area contributed by atoms with Gasteiger partial charge in [0.2, 0.25) is 0 Å². The number of benzene rings is 2. The van der Waals surface area contributed by atoms with Crippen molar-refractivity contribution in [2.24, 2.45) is 5.73 Å². The van der Waals surface area contributed by atoms with E-state index in [9.17, 15) is 0 Å². The molecule has 0 aliphatic heterocycles. The van der Waals surface area contributed by atoms with E-state index in [0.717, 1.165) is 27.9 Å². The molecule has 4 aromatic rings. The van der Waals surface area contributed by atoms with Crippen molar-refractivity contribution in [1.82, 2.24) is 15.0 Å². The van der Waals surface area contributed by atoms with E-state index in [1.165, 1.54) is 0 Å². The van der Waals surface area contributed by atoms with Crippen molar-refractivity contribution < 1.29 is 0 Å². The maximum Gasteiger partial charge on any atom is 0.160 e. The van der Waals surface area contributed by atoms with Crippen molar-refractivity contribution in [2.45, 2.75) is 6.04 Å². The molecule has 0 fully saturated rings. The molecule has 2 heterocycles. The van der Waals surface area contributed by atoms with Crippen LogP contribution in [-0.4, -0.2) is 15.0 Å². The van der Waals surface area contributed by atoms with E-state index < -0.39 is 6.04 Å². The quantitative estimate of drug-likeness (QED) is 0.626. The topological polar surface area (TPSA) is 64.7 Å². The molecular weight excluding hydrogens is 296 g/mol. The Balaban J connectivity index is 1.93. The Morgan fingerprint density at radius 1 is 0.750 bits per heavy atom. The molecule has 0 radical (unpaired) electrons. The second kappa shape index (κ2) is 6.18. The van der Waals surface area contributed by atoms with Crippen LogP contribution in [0.4, 0.5) is 0 Å². The molecule has 0 spiro atoms. The van der Waals surface area contributed by atoms with Gasteiger partial charge in [-0.25, -0.2) is 9.97 Å². The fourth-order valence-electron chi connectivity index (χ4n) is 2.75. The second-order valence-corrected chi connectivity index (χ2v) is 5.55. The largest absolute Gasteiger partial charge is 0.318 e. The minimum absolute atomic E-state index is 0.401. The maximum absolute atomic E-state index is 6.48. The first kappa shape index (κ1) is 14.5. The van der Waals surface area contributed by atoms with Crippen LogP contribution in [0.15, 0.2) is 79.0 Å². The third kappa shape index (κ3) is 2.64. The van der Waals surface area contributed by atoms with Crippen LogP contribution in [0, 0.1) is 0 Å². The number of aromatic nitrogens is 3. The highest BCUT2D eigenvalue weighted by atomic mass is 14.9. The first-order chi connectivity index (χ1) is 11.8. The third-order valence-electron chi connectivity index (χ3n) is 3.97. The lowest BCUT2D eigenvalue weighted by Crippen LogP contribution is -2.16. The summed E-state index contributed by atoms with van der Waals surface area (Å²) in [7, 11) is 0. The molecule has 0 aliphatic carbocycles. The van der Waals surface area contributed by atoms with Crippen molar-refractivity contribution in [2.75, 3.05) is 0 Å². The summed E-state index contributed by atoms with van der Waals surface area (Å²) >= 11 is 0. The summed E-state index contributed by atoms with van der Waals surface area (Å²) in [5.41, 5.74) is 9.91. The summed E-state index contributed by atoms with van der Waals surface area (Å²) in [6, 6.07) is 23.2. The van der Waals surface area contributed by atoms with E-state index >= 15 is 0 Å². The lowest BCUT2D eigenvalue weighted by molar-refractivity contribution is 0.801. The molecule has 24 heavy (non-hydrogen) atoms. The standard InChI is InChI=1S/C20H16N4/c21-18(17-12-6-7-13-22-17)19-15-10-4-5-11-16(15)23-20(24-19)14-8-2-1-3-9-14/h1-13,18H,21H2. The fourth-order valence-corrected chi connectivity index (χ4v) is 2.75. The zero-order chi connectivity index (χ0) is 16.4. The van der Waals surface area contributed by atoms with Crippen molar-refractivity contribution in [3.63, 3.8) is 0 Å². The van der Waals surface area contributed by atoms with Gasteiger partial charge in [0, 0.05) is 17.1 Å². The van der Waals surface area contributed by atoms with Gasteiger partial charge >= 0.3 is 0 Å². The van der Waals surface area contributed by atoms with Gasteiger partial charge in [0.25, 0.3) is 0 Å². The molecule has 4 rings (SSSR count). The lowest BCUT2D eigenvalue weighted by atomic mass is 10.0. The molecular formula is C20H16N4. The molecule has 0 aliphatic rings. The van der Waals surface area contributed by atoms with Gasteiger partial charge < -0.3 is 5.73 Å². The monoisotopic (exact) mass is 312 g/mol. The molecule has 0 saturated heterocycles. The molecule has 4 nitrogen and oxygen atoms in total. The third-order valence-corrected chi connectivity index (χ3v) is 3.97. The normalized spacial score (nSPS) is 12.2. The fraction of sp³-hybridized carbons (Fsp3) is 0.0500. The Morgan fingerprint density at radius 3 is 2.29 bits per heavy atom. The number of hydrogen-bond donors (Lipinski definition) is 1. The van der Waals surface area contributed by atoms with Crippen molar-refractivity contribution in [1.29, 1.82) is 0 Å². The summed E-state index contributed by atoms with van der Waals surface area (Å²) < 4.78 is 0. The number of para-hydroxylation sites is 1. The summed E-state index contributed by atoms with van der Waals surface area (Å²) in [4.78, 5) is 13.8. The van der Waals surface area contributed by atoms with Gasteiger partial charge in [0.05, 0.1) is 22.9 Å². The van der Waals surface area contributed by atoms with E-state index in [1.54, 1.807) is 6.20 Å². The van der Waals surface area contributed by atoms with E-state index in [-0.39, 0.29) is 0 Å². The average Bonchev–Trinajstić information content (AvgIpc) is 2.68. The van der Waals surface area contributed by atoms with Crippen molar-refractivity contribution in [3.05, 3.63) is 90.4 Å². The van der Waals surface area contributed by atoms with Gasteiger partial charge in [-0.15, -0.1) is 0 Å². The van der Waals surface area contributed by atoms with Crippen LogP contribution in [0.1, 0.15) is 17.4 Å². The first-order valence-electron chi connectivity index (χ1n) is 7.81. The number of rotatable bonds is 3. The van der Waals surface area contributed by atoms with Gasteiger partial charge in [-0.3, -0.25) is 4.98 Å². The molecule has 0 amide bonds. The highest BCUT2D eigenvalue weighted by Crippen LogP contribution is 2.27. The minimum atomic E-state index is -0.401. The first-order valence-corrected chi connectivity index (χ1v) is 7.81. The number of pyridine rings is 1. The molecule has 116 valence electrons. The molecule has 0 saturated carbocycles. The average molecular weight is 312 g/mol. The summed E-state index contributed by atoms with van der Waals surface area (Å²) in [5, 5.41) is 0.954. The van der Waals surface area contributed by atoms with Crippen LogP contribution < -0.4 is 5.73 Å². The zero-order valence-electron chi connectivity index (χ0n) is 13.0. The smallest absolute Gasteiger partial charge is 0.160 e. The molecule has 1 unspecified atom stereocenters. The van der Waals surface area contributed by atoms with Crippen LogP contribution in [0.2, 0.25) is 0 Å². The molecule has 0 bridgehead atoms. The van der Waals surface area contributed by atoms with Crippen LogP contribution in [0.25, 0.3) is 22.3 Å². The lowest BCUT2D eigenvalue weighted by Gasteiger charge is -2.14.